The lowest BCUT2D eigenvalue weighted by atomic mass is 9.95. The van der Waals surface area contributed by atoms with Crippen LogP contribution in [0.15, 0.2) is 74.0 Å². The molecule has 1 aliphatic rings. The molecule has 216 valence electrons. The summed E-state index contributed by atoms with van der Waals surface area (Å²) in [5, 5.41) is 9.26. The average Bonchev–Trinajstić information content (AvgIpc) is 3.55. The Kier molecular flexibility index (Phi) is 7.86. The quantitative estimate of drug-likeness (QED) is 0.305. The number of furan rings is 1. The van der Waals surface area contributed by atoms with Crippen molar-refractivity contribution in [3.63, 3.8) is 0 Å². The molecule has 0 fully saturated rings. The van der Waals surface area contributed by atoms with Gasteiger partial charge in [-0.15, -0.1) is 0 Å². The van der Waals surface area contributed by atoms with Crippen LogP contribution in [0.4, 0.5) is 0 Å². The van der Waals surface area contributed by atoms with Crippen LogP contribution in [0, 0.1) is 6.92 Å². The second-order valence-electron chi connectivity index (χ2n) is 9.45. The summed E-state index contributed by atoms with van der Waals surface area (Å²) in [6.07, 6.45) is 1.62. The Morgan fingerprint density at radius 2 is 1.88 bits per heavy atom. The molecule has 1 aliphatic heterocycles. The molecule has 11 heteroatoms. The summed E-state index contributed by atoms with van der Waals surface area (Å²) >= 11 is 1.17. The number of nitrogens with zero attached hydrogens (tertiary/aromatic N) is 2. The van der Waals surface area contributed by atoms with E-state index >= 15 is 0 Å². The summed E-state index contributed by atoms with van der Waals surface area (Å²) in [4.78, 5) is 43.5. The van der Waals surface area contributed by atoms with Crippen molar-refractivity contribution in [1.82, 2.24) is 4.57 Å². The van der Waals surface area contributed by atoms with Crippen molar-refractivity contribution in [2.75, 3.05) is 20.8 Å². The maximum atomic E-state index is 14.0. The topological polar surface area (TPSA) is 130 Å². The van der Waals surface area contributed by atoms with Crippen LogP contribution in [0.2, 0.25) is 0 Å². The van der Waals surface area contributed by atoms with Crippen molar-refractivity contribution in [3.8, 4) is 22.8 Å². The van der Waals surface area contributed by atoms with E-state index in [2.05, 4.69) is 4.99 Å². The summed E-state index contributed by atoms with van der Waals surface area (Å²) in [6.45, 7) is 5.38. The fraction of sp³-hybridized carbons (Fsp3) is 0.226. The van der Waals surface area contributed by atoms with E-state index in [1.165, 1.54) is 36.2 Å². The molecular weight excluding hydrogens is 560 g/mol. The van der Waals surface area contributed by atoms with Gasteiger partial charge >= 0.3 is 11.9 Å². The molecule has 2 aromatic heterocycles. The third kappa shape index (κ3) is 5.14. The maximum Gasteiger partial charge on any atom is 0.338 e. The van der Waals surface area contributed by atoms with Crippen LogP contribution in [0.1, 0.15) is 47.1 Å². The molecule has 5 rings (SSSR count). The summed E-state index contributed by atoms with van der Waals surface area (Å²) in [6, 6.07) is 12.6. The van der Waals surface area contributed by atoms with Crippen molar-refractivity contribution in [1.29, 1.82) is 0 Å². The van der Waals surface area contributed by atoms with Gasteiger partial charge in [0.1, 0.15) is 29.1 Å². The molecule has 0 amide bonds. The number of carboxylic acids is 1. The van der Waals surface area contributed by atoms with Gasteiger partial charge in [0.25, 0.3) is 5.56 Å². The lowest BCUT2D eigenvalue weighted by molar-refractivity contribution is -0.139. The number of rotatable bonds is 8. The number of methoxy groups -OCH3 is 2. The molecule has 0 aliphatic carbocycles. The number of esters is 1. The Morgan fingerprint density at radius 1 is 1.10 bits per heavy atom. The molecule has 0 unspecified atom stereocenters. The molecule has 0 spiro atoms. The van der Waals surface area contributed by atoms with Crippen LogP contribution < -0.4 is 24.4 Å². The van der Waals surface area contributed by atoms with E-state index in [1.54, 1.807) is 69.3 Å². The van der Waals surface area contributed by atoms with Gasteiger partial charge in [0.15, 0.2) is 4.80 Å². The number of carbonyl (C=O) groups excluding carboxylic acids is 1. The Balaban J connectivity index is 1.65. The summed E-state index contributed by atoms with van der Waals surface area (Å²) < 4.78 is 24.3. The number of fused-ring (bicyclic) bond motifs is 1. The first kappa shape index (κ1) is 28.6. The Labute approximate surface area is 244 Å². The summed E-state index contributed by atoms with van der Waals surface area (Å²) in [5.41, 5.74) is 2.49. The van der Waals surface area contributed by atoms with Crippen LogP contribution in [0.3, 0.4) is 0 Å². The first-order valence-electron chi connectivity index (χ1n) is 13.0. The number of aryl methyl sites for hydroxylation is 1. The Bertz CT molecular complexity index is 1930. The highest BCUT2D eigenvalue weighted by Crippen LogP contribution is 2.38. The predicted octanol–water partition coefficient (Wildman–Crippen LogP) is 4.08. The number of benzene rings is 2. The second kappa shape index (κ2) is 11.5. The highest BCUT2D eigenvalue weighted by Gasteiger charge is 2.35. The summed E-state index contributed by atoms with van der Waals surface area (Å²) in [7, 11) is 3.05. The zero-order chi connectivity index (χ0) is 30.1. The van der Waals surface area contributed by atoms with Gasteiger partial charge in [0.05, 0.1) is 42.2 Å². The molecule has 3 heterocycles. The Morgan fingerprint density at radius 3 is 2.55 bits per heavy atom. The van der Waals surface area contributed by atoms with E-state index in [4.69, 9.17) is 18.6 Å². The van der Waals surface area contributed by atoms with Gasteiger partial charge in [0, 0.05) is 17.2 Å². The SMILES string of the molecule is CCOC(=O)C1=C(C)N=c2s/c(=C\c3ccc(-c4ccc(C(=O)O)cc4C)o3)c(=O)n2[C@@H]1c1cc(OC)ccc1OC. The number of thiazole rings is 1. The first-order chi connectivity index (χ1) is 20.2. The minimum absolute atomic E-state index is 0.154. The number of aromatic nitrogens is 1. The highest BCUT2D eigenvalue weighted by atomic mass is 32.1. The van der Waals surface area contributed by atoms with E-state index < -0.39 is 18.0 Å². The molecule has 0 saturated heterocycles. The zero-order valence-electron chi connectivity index (χ0n) is 23.6. The van der Waals surface area contributed by atoms with Crippen molar-refractivity contribution in [2.24, 2.45) is 4.99 Å². The third-order valence-electron chi connectivity index (χ3n) is 6.89. The first-order valence-corrected chi connectivity index (χ1v) is 13.8. The van der Waals surface area contributed by atoms with E-state index in [9.17, 15) is 19.5 Å². The second-order valence-corrected chi connectivity index (χ2v) is 10.5. The molecule has 42 heavy (non-hydrogen) atoms. The largest absolute Gasteiger partial charge is 0.497 e. The molecule has 0 saturated carbocycles. The van der Waals surface area contributed by atoms with Gasteiger partial charge in [-0.2, -0.15) is 0 Å². The molecule has 1 atom stereocenters. The normalized spacial score (nSPS) is 14.8. The predicted molar refractivity (Wildman–Crippen MR) is 156 cm³/mol. The van der Waals surface area contributed by atoms with Crippen molar-refractivity contribution >= 4 is 29.4 Å². The minimum atomic E-state index is -1.01. The number of hydrogen-bond acceptors (Lipinski definition) is 9. The molecule has 10 nitrogen and oxygen atoms in total. The molecular formula is C31H28N2O8S. The lowest BCUT2D eigenvalue weighted by Crippen LogP contribution is -2.40. The number of allylic oxidation sites excluding steroid dienone is 1. The zero-order valence-corrected chi connectivity index (χ0v) is 24.4. The molecule has 2 aromatic carbocycles. The fourth-order valence-corrected chi connectivity index (χ4v) is 5.94. The van der Waals surface area contributed by atoms with Crippen LogP contribution >= 0.6 is 11.3 Å². The monoisotopic (exact) mass is 588 g/mol. The van der Waals surface area contributed by atoms with Gasteiger partial charge in [-0.3, -0.25) is 9.36 Å². The van der Waals surface area contributed by atoms with E-state index in [0.717, 1.165) is 11.1 Å². The van der Waals surface area contributed by atoms with Gasteiger partial charge in [-0.1, -0.05) is 17.4 Å². The van der Waals surface area contributed by atoms with Crippen LogP contribution in [0.5, 0.6) is 11.5 Å². The number of ether oxygens (including phenoxy) is 3. The van der Waals surface area contributed by atoms with Gasteiger partial charge in [0.2, 0.25) is 0 Å². The number of carbonyl (C=O) groups is 2. The van der Waals surface area contributed by atoms with Crippen molar-refractivity contribution < 1.29 is 33.3 Å². The average molecular weight is 589 g/mol. The van der Waals surface area contributed by atoms with E-state index in [1.807, 2.05) is 0 Å². The number of hydrogen-bond donors (Lipinski definition) is 1. The Hall–Kier alpha value is -4.90. The van der Waals surface area contributed by atoms with Crippen molar-refractivity contribution in [3.05, 3.63) is 102 Å². The van der Waals surface area contributed by atoms with E-state index in [-0.39, 0.29) is 23.3 Å². The van der Waals surface area contributed by atoms with Gasteiger partial charge in [-0.25, -0.2) is 14.6 Å². The lowest BCUT2D eigenvalue weighted by Gasteiger charge is -2.26. The number of carboxylic acid groups (broad SMARTS) is 1. The van der Waals surface area contributed by atoms with Gasteiger partial charge in [-0.05, 0) is 68.8 Å². The van der Waals surface area contributed by atoms with Crippen molar-refractivity contribution in [2.45, 2.75) is 26.8 Å². The van der Waals surface area contributed by atoms with E-state index in [0.29, 0.717) is 43.6 Å². The van der Waals surface area contributed by atoms with Gasteiger partial charge < -0.3 is 23.7 Å². The molecule has 1 N–H and O–H groups in total. The standard InChI is InChI=1S/C31H28N2O8S/c1-6-40-30(37)26-17(3)32-31-33(27(26)22-14-19(38-4)8-11-23(22)39-5)28(34)25(42-31)15-20-9-12-24(41-20)21-10-7-18(29(35)36)13-16(21)2/h7-15,27H,6H2,1-5H3,(H,35,36)/b25-15-/t27-/m1/s1. The van der Waals surface area contributed by atoms with Crippen LogP contribution in [-0.4, -0.2) is 42.4 Å². The smallest absolute Gasteiger partial charge is 0.338 e. The summed E-state index contributed by atoms with van der Waals surface area (Å²) in [5.74, 6) is 0.360. The maximum absolute atomic E-state index is 14.0. The molecule has 0 radical (unpaired) electrons. The molecule has 4 aromatic rings. The molecule has 0 bridgehead atoms. The van der Waals surface area contributed by atoms with Crippen LogP contribution in [0.25, 0.3) is 17.4 Å². The fourth-order valence-electron chi connectivity index (χ4n) is 4.92. The third-order valence-corrected chi connectivity index (χ3v) is 7.87. The minimum Gasteiger partial charge on any atom is -0.497 e. The number of aromatic carboxylic acids is 1. The highest BCUT2D eigenvalue weighted by molar-refractivity contribution is 7.07. The van der Waals surface area contributed by atoms with Crippen LogP contribution in [-0.2, 0) is 9.53 Å².